The van der Waals surface area contributed by atoms with Crippen molar-refractivity contribution >= 4 is 0 Å². The van der Waals surface area contributed by atoms with Gasteiger partial charge in [0.2, 0.25) is 0 Å². The number of hydrogen-bond donors (Lipinski definition) is 1. The van der Waals surface area contributed by atoms with E-state index in [1.807, 2.05) is 18.5 Å². The van der Waals surface area contributed by atoms with E-state index >= 15 is 0 Å². The Morgan fingerprint density at radius 3 is 2.88 bits per heavy atom. The summed E-state index contributed by atoms with van der Waals surface area (Å²) in [6.45, 7) is 2.25. The molecular weight excluding hydrogens is 200 g/mol. The Hall–Kier alpha value is -0.930. The molecule has 3 heteroatoms. The van der Waals surface area contributed by atoms with Crippen molar-refractivity contribution in [3.8, 4) is 0 Å². The molecule has 0 saturated heterocycles. The summed E-state index contributed by atoms with van der Waals surface area (Å²) in [6, 6.07) is 4.84. The van der Waals surface area contributed by atoms with E-state index in [1.54, 1.807) is 0 Å². The number of aromatic nitrogens is 1. The van der Waals surface area contributed by atoms with Crippen LogP contribution in [0.1, 0.15) is 31.2 Å². The van der Waals surface area contributed by atoms with Gasteiger partial charge >= 0.3 is 0 Å². The van der Waals surface area contributed by atoms with Crippen molar-refractivity contribution in [2.75, 3.05) is 13.2 Å². The summed E-state index contributed by atoms with van der Waals surface area (Å²) < 4.78 is 0. The van der Waals surface area contributed by atoms with Gasteiger partial charge in [-0.2, -0.15) is 0 Å². The Bertz CT molecular complexity index is 298. The van der Waals surface area contributed by atoms with Crippen LogP contribution in [-0.2, 0) is 6.54 Å². The van der Waals surface area contributed by atoms with E-state index in [1.165, 1.54) is 24.8 Å². The molecule has 3 nitrogen and oxygen atoms in total. The topological polar surface area (TPSA) is 36.4 Å². The van der Waals surface area contributed by atoms with Gasteiger partial charge in [-0.3, -0.25) is 9.88 Å². The Kier molecular flexibility index (Phi) is 4.31. The molecular formula is C13H20N2O. The third-order valence-electron chi connectivity index (χ3n) is 3.30. The second kappa shape index (κ2) is 5.97. The van der Waals surface area contributed by atoms with Gasteiger partial charge in [0.05, 0.1) is 0 Å². The second-order valence-electron chi connectivity index (χ2n) is 4.49. The molecule has 16 heavy (non-hydrogen) atoms. The van der Waals surface area contributed by atoms with Crippen molar-refractivity contribution in [1.29, 1.82) is 0 Å². The third-order valence-corrected chi connectivity index (χ3v) is 3.30. The highest BCUT2D eigenvalue weighted by Gasteiger charge is 2.24. The average Bonchev–Trinajstić information content (AvgIpc) is 2.25. The van der Waals surface area contributed by atoms with Gasteiger partial charge in [-0.05, 0) is 30.9 Å². The van der Waals surface area contributed by atoms with Crippen molar-refractivity contribution in [2.24, 2.45) is 0 Å². The largest absolute Gasteiger partial charge is 0.396 e. The Balaban J connectivity index is 1.90. The highest BCUT2D eigenvalue weighted by atomic mass is 16.3. The molecule has 1 aromatic heterocycles. The summed E-state index contributed by atoms with van der Waals surface area (Å²) in [6.07, 6.45) is 8.59. The molecule has 0 aliphatic heterocycles. The summed E-state index contributed by atoms with van der Waals surface area (Å²) in [7, 11) is 0. The van der Waals surface area contributed by atoms with E-state index in [9.17, 15) is 0 Å². The van der Waals surface area contributed by atoms with Crippen LogP contribution in [0.2, 0.25) is 0 Å². The summed E-state index contributed by atoms with van der Waals surface area (Å²) in [5.74, 6) is 0. The number of hydrogen-bond acceptors (Lipinski definition) is 3. The zero-order valence-corrected chi connectivity index (χ0v) is 9.68. The van der Waals surface area contributed by atoms with Crippen molar-refractivity contribution in [3.63, 3.8) is 0 Å². The van der Waals surface area contributed by atoms with Gasteiger partial charge < -0.3 is 5.11 Å². The van der Waals surface area contributed by atoms with Gasteiger partial charge in [0, 0.05) is 38.1 Å². The van der Waals surface area contributed by atoms with Gasteiger partial charge in [0.25, 0.3) is 0 Å². The maximum atomic E-state index is 8.91. The minimum Gasteiger partial charge on any atom is -0.396 e. The molecule has 1 aliphatic carbocycles. The van der Waals surface area contributed by atoms with Crippen LogP contribution in [0.5, 0.6) is 0 Å². The Morgan fingerprint density at radius 2 is 2.31 bits per heavy atom. The molecule has 0 amide bonds. The molecule has 1 saturated carbocycles. The predicted octanol–water partition coefficient (Wildman–Crippen LogP) is 1.82. The number of nitrogens with zero attached hydrogens (tertiary/aromatic N) is 2. The molecule has 0 bridgehead atoms. The third kappa shape index (κ3) is 3.03. The van der Waals surface area contributed by atoms with Crippen LogP contribution in [0.15, 0.2) is 24.5 Å². The standard InChI is InChI=1S/C13H20N2O/c16-9-3-8-15(13-5-1-6-13)11-12-4-2-7-14-10-12/h2,4,7,10,13,16H,1,3,5-6,8-9,11H2. The lowest BCUT2D eigenvalue weighted by Crippen LogP contribution is -2.40. The number of rotatable bonds is 6. The van der Waals surface area contributed by atoms with Gasteiger partial charge in [0.1, 0.15) is 0 Å². The van der Waals surface area contributed by atoms with Gasteiger partial charge in [-0.15, -0.1) is 0 Å². The highest BCUT2D eigenvalue weighted by molar-refractivity contribution is 5.08. The molecule has 0 spiro atoms. The van der Waals surface area contributed by atoms with E-state index < -0.39 is 0 Å². The van der Waals surface area contributed by atoms with Gasteiger partial charge in [0.15, 0.2) is 0 Å². The first-order chi connectivity index (χ1) is 7.90. The number of pyridine rings is 1. The SMILES string of the molecule is OCCCN(Cc1cccnc1)C1CCC1. The van der Waals surface area contributed by atoms with Crippen LogP contribution in [0.4, 0.5) is 0 Å². The molecule has 2 rings (SSSR count). The first-order valence-corrected chi connectivity index (χ1v) is 6.14. The molecule has 0 unspecified atom stereocenters. The van der Waals surface area contributed by atoms with Crippen molar-refractivity contribution in [3.05, 3.63) is 30.1 Å². The lowest BCUT2D eigenvalue weighted by atomic mass is 9.91. The minimum absolute atomic E-state index is 0.288. The first kappa shape index (κ1) is 11.6. The van der Waals surface area contributed by atoms with Crippen LogP contribution in [0, 0.1) is 0 Å². The van der Waals surface area contributed by atoms with Crippen molar-refractivity contribution < 1.29 is 5.11 Å². The van der Waals surface area contributed by atoms with Crippen LogP contribution >= 0.6 is 0 Å². The smallest absolute Gasteiger partial charge is 0.0443 e. The monoisotopic (exact) mass is 220 g/mol. The molecule has 1 aromatic rings. The number of aliphatic hydroxyl groups excluding tert-OH is 1. The maximum Gasteiger partial charge on any atom is 0.0443 e. The Labute approximate surface area is 97.1 Å². The normalized spacial score (nSPS) is 16.4. The lowest BCUT2D eigenvalue weighted by Gasteiger charge is -2.37. The quantitative estimate of drug-likeness (QED) is 0.794. The van der Waals surface area contributed by atoms with Gasteiger partial charge in [-0.25, -0.2) is 0 Å². The van der Waals surface area contributed by atoms with Gasteiger partial charge in [-0.1, -0.05) is 12.5 Å². The Morgan fingerprint density at radius 1 is 1.44 bits per heavy atom. The molecule has 1 aliphatic rings. The zero-order valence-electron chi connectivity index (χ0n) is 9.68. The lowest BCUT2D eigenvalue weighted by molar-refractivity contribution is 0.109. The van der Waals surface area contributed by atoms with Crippen LogP contribution in [0.3, 0.4) is 0 Å². The highest BCUT2D eigenvalue weighted by Crippen LogP contribution is 2.26. The fourth-order valence-corrected chi connectivity index (χ4v) is 2.14. The van der Waals surface area contributed by atoms with Crippen LogP contribution in [-0.4, -0.2) is 34.2 Å². The van der Waals surface area contributed by atoms with E-state index in [2.05, 4.69) is 16.0 Å². The molecule has 0 atom stereocenters. The molecule has 1 fully saturated rings. The fraction of sp³-hybridized carbons (Fsp3) is 0.615. The predicted molar refractivity (Wildman–Crippen MR) is 64.0 cm³/mol. The van der Waals surface area contributed by atoms with Crippen LogP contribution < -0.4 is 0 Å². The molecule has 1 heterocycles. The molecule has 1 N–H and O–H groups in total. The van der Waals surface area contributed by atoms with Crippen molar-refractivity contribution in [2.45, 2.75) is 38.3 Å². The number of aliphatic hydroxyl groups is 1. The molecule has 0 aromatic carbocycles. The van der Waals surface area contributed by atoms with E-state index in [0.717, 1.165) is 25.6 Å². The summed E-state index contributed by atoms with van der Waals surface area (Å²) in [5.41, 5.74) is 1.27. The fourth-order valence-electron chi connectivity index (χ4n) is 2.14. The van der Waals surface area contributed by atoms with Crippen LogP contribution in [0.25, 0.3) is 0 Å². The first-order valence-electron chi connectivity index (χ1n) is 6.14. The molecule has 0 radical (unpaired) electrons. The average molecular weight is 220 g/mol. The summed E-state index contributed by atoms with van der Waals surface area (Å²) in [5, 5.41) is 8.91. The summed E-state index contributed by atoms with van der Waals surface area (Å²) >= 11 is 0. The van der Waals surface area contributed by atoms with E-state index in [4.69, 9.17) is 5.11 Å². The van der Waals surface area contributed by atoms with E-state index in [-0.39, 0.29) is 6.61 Å². The van der Waals surface area contributed by atoms with E-state index in [0.29, 0.717) is 0 Å². The zero-order chi connectivity index (χ0) is 11.2. The second-order valence-corrected chi connectivity index (χ2v) is 4.49. The minimum atomic E-state index is 0.288. The van der Waals surface area contributed by atoms with Crippen molar-refractivity contribution in [1.82, 2.24) is 9.88 Å². The summed E-state index contributed by atoms with van der Waals surface area (Å²) in [4.78, 5) is 6.63. The maximum absolute atomic E-state index is 8.91. The molecule has 88 valence electrons.